The molecule has 0 spiro atoms. The second-order valence-electron chi connectivity index (χ2n) is 6.74. The van der Waals surface area contributed by atoms with Gasteiger partial charge in [0.05, 0.1) is 11.3 Å². The van der Waals surface area contributed by atoms with Crippen molar-refractivity contribution in [1.29, 1.82) is 5.26 Å². The zero-order valence-electron chi connectivity index (χ0n) is 13.8. The predicted molar refractivity (Wildman–Crippen MR) is 83.7 cm³/mol. The second-order valence-corrected chi connectivity index (χ2v) is 6.74. The quantitative estimate of drug-likeness (QED) is 0.796. The van der Waals surface area contributed by atoms with Crippen LogP contribution in [0.3, 0.4) is 0 Å². The first-order valence-electron chi connectivity index (χ1n) is 7.97. The summed E-state index contributed by atoms with van der Waals surface area (Å²) in [7, 11) is 1.86. The van der Waals surface area contributed by atoms with E-state index in [0.717, 1.165) is 29.8 Å². The molecule has 2 aliphatic rings. The summed E-state index contributed by atoms with van der Waals surface area (Å²) >= 11 is 0. The molecule has 122 valence electrons. The number of ketones is 1. The van der Waals surface area contributed by atoms with Gasteiger partial charge in [-0.1, -0.05) is 13.0 Å². The number of aryl methyl sites for hydroxylation is 2. The van der Waals surface area contributed by atoms with Crippen molar-refractivity contribution in [2.75, 3.05) is 0 Å². The van der Waals surface area contributed by atoms with Crippen LogP contribution in [0.4, 0.5) is 0 Å². The van der Waals surface area contributed by atoms with Gasteiger partial charge in [0.25, 0.3) is 5.89 Å². The Balaban J connectivity index is 1.92. The number of hydrogen-bond donors (Lipinski definition) is 0. The Kier molecular flexibility index (Phi) is 3.01. The van der Waals surface area contributed by atoms with E-state index >= 15 is 0 Å². The smallest absolute Gasteiger partial charge is 0.266 e. The molecule has 2 heterocycles. The van der Waals surface area contributed by atoms with Crippen LogP contribution in [0, 0.1) is 24.2 Å². The van der Waals surface area contributed by atoms with Crippen molar-refractivity contribution in [3.63, 3.8) is 0 Å². The van der Waals surface area contributed by atoms with E-state index in [2.05, 4.69) is 17.1 Å². The average Bonchev–Trinajstić information content (AvgIpc) is 3.10. The Labute approximate surface area is 139 Å². The van der Waals surface area contributed by atoms with Gasteiger partial charge in [0.15, 0.2) is 5.78 Å². The zero-order chi connectivity index (χ0) is 17.1. The monoisotopic (exact) mass is 323 g/mol. The minimum Gasteiger partial charge on any atom is -0.420 e. The van der Waals surface area contributed by atoms with Gasteiger partial charge in [-0.3, -0.25) is 9.48 Å². The molecule has 0 saturated carbocycles. The number of carbonyl (C=O) groups is 1. The molecular formula is C17H17N5O2. The van der Waals surface area contributed by atoms with Crippen molar-refractivity contribution < 1.29 is 9.21 Å². The highest BCUT2D eigenvalue weighted by molar-refractivity contribution is 6.00. The van der Waals surface area contributed by atoms with E-state index in [9.17, 15) is 10.1 Å². The molecule has 0 amide bonds. The molecule has 0 bridgehead atoms. The fourth-order valence-corrected chi connectivity index (χ4v) is 4.02. The zero-order valence-corrected chi connectivity index (χ0v) is 13.8. The largest absolute Gasteiger partial charge is 0.420 e. The van der Waals surface area contributed by atoms with Gasteiger partial charge in [-0.2, -0.15) is 10.4 Å². The first kappa shape index (κ1) is 14.8. The lowest BCUT2D eigenvalue weighted by molar-refractivity contribution is -0.117. The van der Waals surface area contributed by atoms with Crippen LogP contribution in [0.5, 0.6) is 0 Å². The Morgan fingerprint density at radius 1 is 1.46 bits per heavy atom. The first-order chi connectivity index (χ1) is 11.4. The number of Topliss-reactive ketones (excluding diaryl/α,β-unsaturated/α-hetero) is 1. The van der Waals surface area contributed by atoms with E-state index in [0.29, 0.717) is 18.2 Å². The van der Waals surface area contributed by atoms with Crippen molar-refractivity contribution in [1.82, 2.24) is 20.0 Å². The van der Waals surface area contributed by atoms with Crippen molar-refractivity contribution in [2.45, 2.75) is 38.5 Å². The molecular weight excluding hydrogens is 306 g/mol. The molecule has 4 rings (SSSR count). The molecule has 0 aliphatic heterocycles. The Morgan fingerprint density at radius 2 is 2.25 bits per heavy atom. The third kappa shape index (κ3) is 1.89. The van der Waals surface area contributed by atoms with Gasteiger partial charge in [0.1, 0.15) is 11.8 Å². The molecule has 2 unspecified atom stereocenters. The predicted octanol–water partition coefficient (Wildman–Crippen LogP) is 2.02. The maximum absolute atomic E-state index is 12.1. The van der Waals surface area contributed by atoms with Gasteiger partial charge >= 0.3 is 0 Å². The molecule has 2 aromatic rings. The lowest BCUT2D eigenvalue weighted by Gasteiger charge is -2.40. The molecule has 7 nitrogen and oxygen atoms in total. The summed E-state index contributed by atoms with van der Waals surface area (Å²) in [5, 5.41) is 22.0. The first-order valence-corrected chi connectivity index (χ1v) is 7.97. The fraction of sp³-hybridized carbons (Fsp3) is 0.471. The Bertz CT molecular complexity index is 929. The topological polar surface area (TPSA) is 97.6 Å². The number of aromatic nitrogens is 4. The molecule has 7 heteroatoms. The normalized spacial score (nSPS) is 25.7. The van der Waals surface area contributed by atoms with Gasteiger partial charge in [-0.05, 0) is 18.8 Å². The molecule has 0 N–H and O–H groups in total. The van der Waals surface area contributed by atoms with Crippen LogP contribution in [-0.2, 0) is 23.7 Å². The molecule has 2 atom stereocenters. The maximum atomic E-state index is 12.1. The van der Waals surface area contributed by atoms with Crippen molar-refractivity contribution in [3.05, 3.63) is 28.8 Å². The molecule has 0 saturated heterocycles. The third-order valence-corrected chi connectivity index (χ3v) is 5.27. The van der Waals surface area contributed by atoms with Crippen LogP contribution < -0.4 is 0 Å². The summed E-state index contributed by atoms with van der Waals surface area (Å²) in [4.78, 5) is 12.1. The van der Waals surface area contributed by atoms with Crippen LogP contribution in [0.2, 0.25) is 0 Å². The molecule has 2 aliphatic carbocycles. The van der Waals surface area contributed by atoms with Crippen molar-refractivity contribution in [2.24, 2.45) is 13.0 Å². The van der Waals surface area contributed by atoms with E-state index in [4.69, 9.17) is 9.52 Å². The van der Waals surface area contributed by atoms with Crippen LogP contribution >= 0.6 is 0 Å². The van der Waals surface area contributed by atoms with E-state index in [1.165, 1.54) is 0 Å². The highest BCUT2D eigenvalue weighted by Gasteiger charge is 2.47. The maximum Gasteiger partial charge on any atom is 0.266 e. The summed E-state index contributed by atoms with van der Waals surface area (Å²) in [6.07, 6.45) is 3.89. The highest BCUT2D eigenvalue weighted by Crippen LogP contribution is 2.48. The summed E-state index contributed by atoms with van der Waals surface area (Å²) in [6, 6.07) is 2.04. The summed E-state index contributed by atoms with van der Waals surface area (Å²) in [5.41, 5.74) is 2.63. The summed E-state index contributed by atoms with van der Waals surface area (Å²) in [6.45, 7) is 3.82. The Morgan fingerprint density at radius 3 is 2.92 bits per heavy atom. The van der Waals surface area contributed by atoms with Gasteiger partial charge in [0.2, 0.25) is 5.89 Å². The van der Waals surface area contributed by atoms with E-state index < -0.39 is 5.41 Å². The van der Waals surface area contributed by atoms with Crippen molar-refractivity contribution in [3.8, 4) is 17.7 Å². The van der Waals surface area contributed by atoms with E-state index in [1.807, 2.05) is 13.1 Å². The van der Waals surface area contributed by atoms with Gasteiger partial charge in [-0.25, -0.2) is 0 Å². The van der Waals surface area contributed by atoms with Crippen LogP contribution in [0.25, 0.3) is 11.6 Å². The number of fused-ring (bicyclic) bond motifs is 3. The average molecular weight is 323 g/mol. The summed E-state index contributed by atoms with van der Waals surface area (Å²) in [5.74, 6) is 1.07. The molecule has 2 aromatic heterocycles. The van der Waals surface area contributed by atoms with Crippen LogP contribution in [0.1, 0.15) is 36.9 Å². The number of carbonyl (C=O) groups excluding carboxylic acids is 1. The Hall–Kier alpha value is -2.75. The molecule has 0 aromatic carbocycles. The number of nitrogens with zero attached hydrogens (tertiary/aromatic N) is 5. The fourth-order valence-electron chi connectivity index (χ4n) is 4.02. The third-order valence-electron chi connectivity index (χ3n) is 5.27. The lowest BCUT2D eigenvalue weighted by atomic mass is 9.61. The van der Waals surface area contributed by atoms with Crippen LogP contribution in [-0.4, -0.2) is 25.8 Å². The van der Waals surface area contributed by atoms with Crippen molar-refractivity contribution >= 4 is 5.78 Å². The van der Waals surface area contributed by atoms with E-state index in [1.54, 1.807) is 17.7 Å². The summed E-state index contributed by atoms with van der Waals surface area (Å²) < 4.78 is 7.36. The number of rotatable bonds is 1. The SMILES string of the molecule is Cc1nnc(-c2c3c(nn2C)C2(C)C=C(C#N)C(=O)CC2CC3)o1. The minimum absolute atomic E-state index is 0.0629. The number of nitriles is 1. The van der Waals surface area contributed by atoms with Gasteiger partial charge in [0, 0.05) is 31.4 Å². The number of allylic oxidation sites excluding steroid dienone is 2. The lowest BCUT2D eigenvalue weighted by Crippen LogP contribution is -2.40. The van der Waals surface area contributed by atoms with Gasteiger partial charge < -0.3 is 4.42 Å². The number of hydrogen-bond acceptors (Lipinski definition) is 6. The molecule has 0 fully saturated rings. The minimum atomic E-state index is -0.419. The van der Waals surface area contributed by atoms with Crippen LogP contribution in [0.15, 0.2) is 16.1 Å². The highest BCUT2D eigenvalue weighted by atomic mass is 16.4. The standard InChI is InChI=1S/C17H17N5O2/c1-9-19-20-16(24-9)14-12-5-4-11-6-13(23)10(8-18)7-17(11,2)15(12)21-22(14)3/h7,11H,4-6H2,1-3H3. The van der Waals surface area contributed by atoms with Gasteiger partial charge in [-0.15, -0.1) is 10.2 Å². The van der Waals surface area contributed by atoms with E-state index in [-0.39, 0.29) is 17.3 Å². The molecule has 24 heavy (non-hydrogen) atoms. The molecule has 0 radical (unpaired) electrons. The second kappa shape index (κ2) is 4.87.